The van der Waals surface area contributed by atoms with Crippen molar-refractivity contribution in [1.29, 1.82) is 0 Å². The third kappa shape index (κ3) is 6.68. The molecule has 0 aliphatic heterocycles. The predicted octanol–water partition coefficient (Wildman–Crippen LogP) is 1.57. The zero-order valence-electron chi connectivity index (χ0n) is 14.4. The lowest BCUT2D eigenvalue weighted by Crippen LogP contribution is -2.46. The molecule has 132 valence electrons. The molecule has 0 saturated heterocycles. The van der Waals surface area contributed by atoms with E-state index in [-0.39, 0.29) is 25.0 Å². The summed E-state index contributed by atoms with van der Waals surface area (Å²) in [5, 5.41) is 2.48. The van der Waals surface area contributed by atoms with Gasteiger partial charge >= 0.3 is 12.1 Å². The first-order valence-corrected chi connectivity index (χ1v) is 7.65. The number of benzene rings is 1. The highest BCUT2D eigenvalue weighted by atomic mass is 16.6. The van der Waals surface area contributed by atoms with Gasteiger partial charge in [-0.1, -0.05) is 44.2 Å². The van der Waals surface area contributed by atoms with Gasteiger partial charge in [-0.15, -0.1) is 0 Å². The maximum absolute atomic E-state index is 12.1. The van der Waals surface area contributed by atoms with Crippen LogP contribution in [0.1, 0.15) is 19.4 Å². The molecule has 1 rings (SSSR count). The largest absolute Gasteiger partial charge is 0.454 e. The van der Waals surface area contributed by atoms with E-state index >= 15 is 0 Å². The van der Waals surface area contributed by atoms with Crippen LogP contribution in [0.2, 0.25) is 0 Å². The first-order chi connectivity index (χ1) is 11.3. The number of hydrogen-bond donors (Lipinski definition) is 1. The van der Waals surface area contributed by atoms with Crippen LogP contribution in [0.5, 0.6) is 0 Å². The number of esters is 1. The highest BCUT2D eigenvalue weighted by Crippen LogP contribution is 2.06. The minimum atomic E-state index is -0.886. The zero-order chi connectivity index (χ0) is 18.1. The van der Waals surface area contributed by atoms with E-state index in [2.05, 4.69) is 5.32 Å². The van der Waals surface area contributed by atoms with Crippen LogP contribution in [-0.2, 0) is 25.7 Å². The molecule has 0 radical (unpaired) electrons. The molecule has 1 aromatic rings. The SMILES string of the molecule is CC(C)[C@H](NC(=O)OCc1ccccc1)C(=O)OCC(=O)N(C)C. The van der Waals surface area contributed by atoms with Gasteiger partial charge in [-0.05, 0) is 11.5 Å². The smallest absolute Gasteiger partial charge is 0.408 e. The topological polar surface area (TPSA) is 84.9 Å². The van der Waals surface area contributed by atoms with Gasteiger partial charge in [0.2, 0.25) is 0 Å². The van der Waals surface area contributed by atoms with Crippen molar-refractivity contribution >= 4 is 18.0 Å². The van der Waals surface area contributed by atoms with Gasteiger partial charge < -0.3 is 19.7 Å². The standard InChI is InChI=1S/C17H24N2O5/c1-12(2)15(16(21)23-11-14(20)19(3)4)18-17(22)24-10-13-8-6-5-7-9-13/h5-9,12,15H,10-11H2,1-4H3,(H,18,22)/t15-/m0/s1. The molecule has 0 saturated carbocycles. The fraction of sp³-hybridized carbons (Fsp3) is 0.471. The molecule has 0 heterocycles. The summed E-state index contributed by atoms with van der Waals surface area (Å²) in [6, 6.07) is 8.31. The van der Waals surface area contributed by atoms with E-state index in [0.717, 1.165) is 5.56 Å². The van der Waals surface area contributed by atoms with Crippen LogP contribution >= 0.6 is 0 Å². The van der Waals surface area contributed by atoms with Gasteiger partial charge in [0.05, 0.1) is 0 Å². The highest BCUT2D eigenvalue weighted by molar-refractivity contribution is 5.84. The average molecular weight is 336 g/mol. The molecular formula is C17H24N2O5. The van der Waals surface area contributed by atoms with Crippen molar-refractivity contribution in [3.05, 3.63) is 35.9 Å². The molecule has 2 amide bonds. The molecule has 0 aliphatic rings. The summed E-state index contributed by atoms with van der Waals surface area (Å²) in [6.07, 6.45) is -0.714. The van der Waals surface area contributed by atoms with Crippen LogP contribution in [-0.4, -0.2) is 49.6 Å². The highest BCUT2D eigenvalue weighted by Gasteiger charge is 2.27. The van der Waals surface area contributed by atoms with Crippen molar-refractivity contribution in [2.45, 2.75) is 26.5 Å². The summed E-state index contributed by atoms with van der Waals surface area (Å²) >= 11 is 0. The third-order valence-electron chi connectivity index (χ3n) is 3.24. The van der Waals surface area contributed by atoms with Crippen molar-refractivity contribution in [2.24, 2.45) is 5.92 Å². The van der Waals surface area contributed by atoms with E-state index in [1.165, 1.54) is 4.90 Å². The Labute approximate surface area is 141 Å². The van der Waals surface area contributed by atoms with Gasteiger partial charge in [-0.3, -0.25) is 4.79 Å². The Balaban J connectivity index is 2.50. The second-order valence-electron chi connectivity index (χ2n) is 5.82. The average Bonchev–Trinajstić information content (AvgIpc) is 2.55. The van der Waals surface area contributed by atoms with E-state index in [1.807, 2.05) is 30.3 Å². The van der Waals surface area contributed by atoms with E-state index < -0.39 is 18.1 Å². The van der Waals surface area contributed by atoms with Crippen molar-refractivity contribution < 1.29 is 23.9 Å². The Morgan fingerprint density at radius 3 is 2.25 bits per heavy atom. The van der Waals surface area contributed by atoms with Gasteiger partial charge in [-0.25, -0.2) is 9.59 Å². The number of hydrogen-bond acceptors (Lipinski definition) is 5. The Morgan fingerprint density at radius 2 is 1.71 bits per heavy atom. The van der Waals surface area contributed by atoms with Crippen molar-refractivity contribution in [1.82, 2.24) is 10.2 Å². The summed E-state index contributed by atoms with van der Waals surface area (Å²) in [5.41, 5.74) is 0.841. The van der Waals surface area contributed by atoms with Crippen LogP contribution < -0.4 is 5.32 Å². The summed E-state index contributed by atoms with van der Waals surface area (Å²) < 4.78 is 10.0. The van der Waals surface area contributed by atoms with E-state index in [1.54, 1.807) is 27.9 Å². The molecule has 7 heteroatoms. The van der Waals surface area contributed by atoms with Gasteiger partial charge in [0, 0.05) is 14.1 Å². The molecule has 0 bridgehead atoms. The molecule has 1 atom stereocenters. The van der Waals surface area contributed by atoms with Crippen molar-refractivity contribution in [3.8, 4) is 0 Å². The Kier molecular flexibility index (Phi) is 7.74. The number of nitrogens with one attached hydrogen (secondary N) is 1. The Bertz CT molecular complexity index is 557. The number of amides is 2. The summed E-state index contributed by atoms with van der Waals surface area (Å²) in [7, 11) is 3.13. The number of nitrogens with zero attached hydrogens (tertiary/aromatic N) is 1. The summed E-state index contributed by atoms with van der Waals surface area (Å²) in [5.74, 6) is -1.22. The van der Waals surface area contributed by atoms with Crippen LogP contribution in [0.3, 0.4) is 0 Å². The zero-order valence-corrected chi connectivity index (χ0v) is 14.4. The number of likely N-dealkylation sites (N-methyl/N-ethyl adjacent to an activating group) is 1. The number of carbonyl (C=O) groups excluding carboxylic acids is 3. The molecule has 0 aromatic heterocycles. The summed E-state index contributed by atoms with van der Waals surface area (Å²) in [4.78, 5) is 36.7. The van der Waals surface area contributed by atoms with Crippen LogP contribution in [0.25, 0.3) is 0 Å². The number of alkyl carbamates (subject to hydrolysis) is 1. The molecule has 7 nitrogen and oxygen atoms in total. The molecule has 1 N–H and O–H groups in total. The lowest BCUT2D eigenvalue weighted by atomic mass is 10.1. The lowest BCUT2D eigenvalue weighted by Gasteiger charge is -2.21. The molecular weight excluding hydrogens is 312 g/mol. The van der Waals surface area contributed by atoms with Crippen molar-refractivity contribution in [2.75, 3.05) is 20.7 Å². The second-order valence-corrected chi connectivity index (χ2v) is 5.82. The van der Waals surface area contributed by atoms with Crippen LogP contribution in [0.15, 0.2) is 30.3 Å². The quantitative estimate of drug-likeness (QED) is 0.764. The van der Waals surface area contributed by atoms with E-state index in [4.69, 9.17) is 9.47 Å². The van der Waals surface area contributed by atoms with Crippen LogP contribution in [0.4, 0.5) is 4.79 Å². The first kappa shape index (κ1) is 19.5. The number of carbonyl (C=O) groups is 3. The molecule has 0 spiro atoms. The molecule has 0 unspecified atom stereocenters. The van der Waals surface area contributed by atoms with Gasteiger partial charge in [0.1, 0.15) is 12.6 Å². The lowest BCUT2D eigenvalue weighted by molar-refractivity contribution is -0.153. The second kappa shape index (κ2) is 9.54. The summed E-state index contributed by atoms with van der Waals surface area (Å²) in [6.45, 7) is 3.26. The molecule has 1 aromatic carbocycles. The normalized spacial score (nSPS) is 11.5. The third-order valence-corrected chi connectivity index (χ3v) is 3.24. The molecule has 0 fully saturated rings. The maximum atomic E-state index is 12.1. The number of rotatable bonds is 7. The minimum absolute atomic E-state index is 0.103. The Hall–Kier alpha value is -2.57. The molecule has 24 heavy (non-hydrogen) atoms. The van der Waals surface area contributed by atoms with Gasteiger partial charge in [0.25, 0.3) is 5.91 Å². The molecule has 0 aliphatic carbocycles. The van der Waals surface area contributed by atoms with E-state index in [9.17, 15) is 14.4 Å². The van der Waals surface area contributed by atoms with E-state index in [0.29, 0.717) is 0 Å². The van der Waals surface area contributed by atoms with Gasteiger partial charge in [0.15, 0.2) is 6.61 Å². The first-order valence-electron chi connectivity index (χ1n) is 7.65. The Morgan fingerprint density at radius 1 is 1.08 bits per heavy atom. The minimum Gasteiger partial charge on any atom is -0.454 e. The van der Waals surface area contributed by atoms with Gasteiger partial charge in [-0.2, -0.15) is 0 Å². The van der Waals surface area contributed by atoms with Crippen molar-refractivity contribution in [3.63, 3.8) is 0 Å². The van der Waals surface area contributed by atoms with Crippen LogP contribution in [0, 0.1) is 5.92 Å². The maximum Gasteiger partial charge on any atom is 0.408 e. The number of ether oxygens (including phenoxy) is 2. The predicted molar refractivity (Wildman–Crippen MR) is 88.0 cm³/mol. The fourth-order valence-corrected chi connectivity index (χ4v) is 1.74. The fourth-order valence-electron chi connectivity index (χ4n) is 1.74. The monoisotopic (exact) mass is 336 g/mol.